The van der Waals surface area contributed by atoms with Crippen molar-refractivity contribution in [3.63, 3.8) is 0 Å². The molecule has 6 nitrogen and oxygen atoms in total. The van der Waals surface area contributed by atoms with Gasteiger partial charge in [0.25, 0.3) is 5.56 Å². The van der Waals surface area contributed by atoms with E-state index in [2.05, 4.69) is 20.0 Å². The van der Waals surface area contributed by atoms with Gasteiger partial charge in [-0.3, -0.25) is 4.79 Å². The van der Waals surface area contributed by atoms with Crippen molar-refractivity contribution in [3.8, 4) is 0 Å². The zero-order chi connectivity index (χ0) is 22.9. The minimum Gasteiger partial charge on any atom is -0.465 e. The number of carbonyl (C=O) groups is 1. The van der Waals surface area contributed by atoms with Crippen molar-refractivity contribution in [2.24, 2.45) is 0 Å². The van der Waals surface area contributed by atoms with Gasteiger partial charge in [-0.15, -0.1) is 0 Å². The number of rotatable bonds is 5. The molecule has 2 aromatic carbocycles. The standard InChI is InChI=1S/C21H19F4N3O3/c1-4-16(28-17-6-5-11(7-15(17)22)20(30)31-3)12-8-13-18(9-14(12)21(23,24)25)26-10(2)27-19(13)29/h5-9,16,28H,4H2,1-3H3,(H,26,27,29)/t16-/m0/s1. The number of hydrogen-bond acceptors (Lipinski definition) is 5. The third-order valence-corrected chi connectivity index (χ3v) is 4.80. The Morgan fingerprint density at radius 2 is 1.97 bits per heavy atom. The highest BCUT2D eigenvalue weighted by Crippen LogP contribution is 2.38. The van der Waals surface area contributed by atoms with Crippen LogP contribution in [0.3, 0.4) is 0 Å². The van der Waals surface area contributed by atoms with E-state index in [9.17, 15) is 27.2 Å². The summed E-state index contributed by atoms with van der Waals surface area (Å²) in [7, 11) is 1.15. The summed E-state index contributed by atoms with van der Waals surface area (Å²) < 4.78 is 60.4. The predicted octanol–water partition coefficient (Wildman–Crippen LogP) is 4.74. The number of halogens is 4. The maximum Gasteiger partial charge on any atom is 0.416 e. The highest BCUT2D eigenvalue weighted by molar-refractivity contribution is 5.89. The molecule has 0 saturated heterocycles. The number of anilines is 1. The molecule has 0 amide bonds. The van der Waals surface area contributed by atoms with Gasteiger partial charge in [0.15, 0.2) is 0 Å². The van der Waals surface area contributed by atoms with Gasteiger partial charge in [-0.05, 0) is 49.2 Å². The van der Waals surface area contributed by atoms with Gasteiger partial charge < -0.3 is 15.0 Å². The van der Waals surface area contributed by atoms with Crippen LogP contribution in [0, 0.1) is 12.7 Å². The molecule has 1 atom stereocenters. The lowest BCUT2D eigenvalue weighted by atomic mass is 9.95. The molecule has 0 saturated carbocycles. The average molecular weight is 437 g/mol. The van der Waals surface area contributed by atoms with Gasteiger partial charge in [-0.1, -0.05) is 6.92 Å². The molecule has 164 valence electrons. The summed E-state index contributed by atoms with van der Waals surface area (Å²) in [5, 5.41) is 2.74. The number of methoxy groups -OCH3 is 1. The molecule has 0 spiro atoms. The van der Waals surface area contributed by atoms with Crippen LogP contribution in [-0.2, 0) is 10.9 Å². The average Bonchev–Trinajstić information content (AvgIpc) is 2.70. The monoisotopic (exact) mass is 437 g/mol. The molecule has 3 aromatic rings. The minimum absolute atomic E-state index is 0.00430. The lowest BCUT2D eigenvalue weighted by Gasteiger charge is -2.23. The van der Waals surface area contributed by atoms with E-state index in [0.717, 1.165) is 25.3 Å². The van der Waals surface area contributed by atoms with Gasteiger partial charge in [-0.2, -0.15) is 13.2 Å². The molecule has 1 heterocycles. The number of esters is 1. The summed E-state index contributed by atoms with van der Waals surface area (Å²) >= 11 is 0. The van der Waals surface area contributed by atoms with Crippen LogP contribution in [-0.4, -0.2) is 23.0 Å². The number of benzene rings is 2. The van der Waals surface area contributed by atoms with Crippen molar-refractivity contribution >= 4 is 22.6 Å². The topological polar surface area (TPSA) is 84.1 Å². The molecule has 0 aliphatic heterocycles. The lowest BCUT2D eigenvalue weighted by Crippen LogP contribution is -2.19. The Kier molecular flexibility index (Phi) is 6.01. The van der Waals surface area contributed by atoms with E-state index in [0.29, 0.717) is 0 Å². The van der Waals surface area contributed by atoms with Gasteiger partial charge in [0.2, 0.25) is 0 Å². The Bertz CT molecular complexity index is 1200. The molecular formula is C21H19F4N3O3. The minimum atomic E-state index is -4.72. The first-order chi connectivity index (χ1) is 14.5. The maximum atomic E-state index is 14.5. The molecular weight excluding hydrogens is 418 g/mol. The number of nitrogens with one attached hydrogen (secondary N) is 2. The molecule has 1 aromatic heterocycles. The van der Waals surface area contributed by atoms with Crippen molar-refractivity contribution in [1.82, 2.24) is 9.97 Å². The number of alkyl halides is 3. The van der Waals surface area contributed by atoms with Crippen LogP contribution >= 0.6 is 0 Å². The molecule has 10 heteroatoms. The highest BCUT2D eigenvalue weighted by Gasteiger charge is 2.36. The van der Waals surface area contributed by atoms with Crippen molar-refractivity contribution in [3.05, 3.63) is 69.0 Å². The van der Waals surface area contributed by atoms with E-state index >= 15 is 0 Å². The zero-order valence-electron chi connectivity index (χ0n) is 16.9. The first-order valence-electron chi connectivity index (χ1n) is 9.31. The van der Waals surface area contributed by atoms with E-state index in [1.807, 2.05) is 0 Å². The second-order valence-electron chi connectivity index (χ2n) is 6.90. The molecule has 31 heavy (non-hydrogen) atoms. The second-order valence-corrected chi connectivity index (χ2v) is 6.90. The fourth-order valence-corrected chi connectivity index (χ4v) is 3.32. The van der Waals surface area contributed by atoms with Gasteiger partial charge in [0.05, 0.1) is 40.9 Å². The fourth-order valence-electron chi connectivity index (χ4n) is 3.32. The van der Waals surface area contributed by atoms with E-state index < -0.39 is 35.1 Å². The van der Waals surface area contributed by atoms with Crippen LogP contribution in [0.2, 0.25) is 0 Å². The van der Waals surface area contributed by atoms with Gasteiger partial charge in [0, 0.05) is 0 Å². The van der Waals surface area contributed by atoms with E-state index in [1.54, 1.807) is 6.92 Å². The summed E-state index contributed by atoms with van der Waals surface area (Å²) in [6.45, 7) is 3.10. The first-order valence-corrected chi connectivity index (χ1v) is 9.31. The maximum absolute atomic E-state index is 14.5. The van der Waals surface area contributed by atoms with Crippen molar-refractivity contribution in [1.29, 1.82) is 0 Å². The first kappa shape index (κ1) is 22.3. The van der Waals surface area contributed by atoms with Crippen LogP contribution in [0.1, 0.15) is 46.7 Å². The van der Waals surface area contributed by atoms with Crippen LogP contribution in [0.4, 0.5) is 23.2 Å². The summed E-state index contributed by atoms with van der Waals surface area (Å²) in [5.41, 5.74) is -1.96. The summed E-state index contributed by atoms with van der Waals surface area (Å²) in [4.78, 5) is 30.3. The molecule has 0 radical (unpaired) electrons. The molecule has 0 bridgehead atoms. The van der Waals surface area contributed by atoms with E-state index in [-0.39, 0.29) is 40.0 Å². The third-order valence-electron chi connectivity index (χ3n) is 4.80. The quantitative estimate of drug-likeness (QED) is 0.445. The van der Waals surface area contributed by atoms with Crippen molar-refractivity contribution < 1.29 is 27.1 Å². The number of nitrogens with zero attached hydrogens (tertiary/aromatic N) is 1. The highest BCUT2D eigenvalue weighted by atomic mass is 19.4. The van der Waals surface area contributed by atoms with Crippen LogP contribution in [0.15, 0.2) is 35.1 Å². The molecule has 0 fully saturated rings. The van der Waals surface area contributed by atoms with Crippen molar-refractivity contribution in [2.75, 3.05) is 12.4 Å². The predicted molar refractivity (Wildman–Crippen MR) is 106 cm³/mol. The number of ether oxygens (including phenoxy) is 1. The zero-order valence-corrected chi connectivity index (χ0v) is 16.9. The Morgan fingerprint density at radius 1 is 1.26 bits per heavy atom. The largest absolute Gasteiger partial charge is 0.465 e. The second kappa shape index (κ2) is 8.37. The van der Waals surface area contributed by atoms with E-state index in [1.165, 1.54) is 19.1 Å². The molecule has 2 N–H and O–H groups in total. The Morgan fingerprint density at radius 3 is 2.55 bits per heavy atom. The summed E-state index contributed by atoms with van der Waals surface area (Å²) in [6.07, 6.45) is -4.56. The Balaban J connectivity index is 2.11. The van der Waals surface area contributed by atoms with Crippen molar-refractivity contribution in [2.45, 2.75) is 32.5 Å². The Labute approximate surface area is 174 Å². The number of aromatic nitrogens is 2. The molecule has 0 aliphatic carbocycles. The summed E-state index contributed by atoms with van der Waals surface area (Å²) in [6, 6.07) is 4.46. The molecule has 0 unspecified atom stereocenters. The van der Waals surface area contributed by atoms with Crippen LogP contribution in [0.5, 0.6) is 0 Å². The smallest absolute Gasteiger partial charge is 0.416 e. The van der Waals surface area contributed by atoms with E-state index in [4.69, 9.17) is 0 Å². The number of fused-ring (bicyclic) bond motifs is 1. The number of H-pyrrole nitrogens is 1. The van der Waals surface area contributed by atoms with Gasteiger partial charge in [-0.25, -0.2) is 14.2 Å². The third kappa shape index (κ3) is 4.52. The lowest BCUT2D eigenvalue weighted by molar-refractivity contribution is -0.138. The normalized spacial score (nSPS) is 12.6. The Hall–Kier alpha value is -3.43. The molecule has 3 rings (SSSR count). The number of aryl methyl sites for hydroxylation is 1. The van der Waals surface area contributed by atoms with Crippen LogP contribution in [0.25, 0.3) is 10.9 Å². The SMILES string of the molecule is CC[C@H](Nc1ccc(C(=O)OC)cc1F)c1cc2c(=O)[nH]c(C)nc2cc1C(F)(F)F. The number of carbonyl (C=O) groups excluding carboxylic acids is 1. The fraction of sp³-hybridized carbons (Fsp3) is 0.286. The van der Waals surface area contributed by atoms with Gasteiger partial charge >= 0.3 is 12.1 Å². The summed E-state index contributed by atoms with van der Waals surface area (Å²) in [5.74, 6) is -1.38. The molecule has 0 aliphatic rings. The van der Waals surface area contributed by atoms with Crippen LogP contribution < -0.4 is 10.9 Å². The van der Waals surface area contributed by atoms with Gasteiger partial charge in [0.1, 0.15) is 11.6 Å². The number of aromatic amines is 1. The number of hydrogen-bond donors (Lipinski definition) is 2.